The van der Waals surface area contributed by atoms with E-state index in [1.807, 2.05) is 85.3 Å². The number of fused-ring (bicyclic) bond motifs is 1. The number of carbonyl (C=O) groups is 3. The zero-order valence-electron chi connectivity index (χ0n) is 23.2. The summed E-state index contributed by atoms with van der Waals surface area (Å²) in [5, 5.41) is 6.28. The van der Waals surface area contributed by atoms with Crippen molar-refractivity contribution >= 4 is 23.4 Å². The van der Waals surface area contributed by atoms with Crippen LogP contribution in [0.4, 0.5) is 5.69 Å². The predicted octanol–water partition coefficient (Wildman–Crippen LogP) is 3.25. The van der Waals surface area contributed by atoms with Crippen LogP contribution in [0, 0.1) is 5.92 Å². The Labute approximate surface area is 231 Å². The number of rotatable bonds is 8. The summed E-state index contributed by atoms with van der Waals surface area (Å²) < 4.78 is 5.94. The Hall–Kier alpha value is -3.39. The van der Waals surface area contributed by atoms with Crippen molar-refractivity contribution in [3.8, 4) is 5.75 Å². The second-order valence-electron chi connectivity index (χ2n) is 11.6. The third-order valence-electron chi connectivity index (χ3n) is 8.72. The van der Waals surface area contributed by atoms with Crippen molar-refractivity contribution in [3.63, 3.8) is 0 Å². The first kappa shape index (κ1) is 27.2. The summed E-state index contributed by atoms with van der Waals surface area (Å²) in [7, 11) is 1.92. The molecule has 2 fully saturated rings. The molecular formula is C31H40N4O4. The molecule has 3 aliphatic rings. The van der Waals surface area contributed by atoms with Crippen LogP contribution in [0.15, 0.2) is 54.6 Å². The summed E-state index contributed by atoms with van der Waals surface area (Å²) in [6.45, 7) is 5.09. The fraction of sp³-hybridized carbons (Fsp3) is 0.516. The molecule has 8 nitrogen and oxygen atoms in total. The number of carbonyl (C=O) groups excluding carboxylic acids is 3. The molecule has 0 bridgehead atoms. The van der Waals surface area contributed by atoms with E-state index < -0.39 is 11.5 Å². The van der Waals surface area contributed by atoms with E-state index in [1.54, 1.807) is 0 Å². The summed E-state index contributed by atoms with van der Waals surface area (Å²) in [5.74, 6) is 0.456. The van der Waals surface area contributed by atoms with Crippen LogP contribution in [0.25, 0.3) is 0 Å². The summed E-state index contributed by atoms with van der Waals surface area (Å²) in [6.07, 6.45) is 3.92. The third-order valence-corrected chi connectivity index (χ3v) is 8.72. The van der Waals surface area contributed by atoms with Gasteiger partial charge in [0.05, 0.1) is 5.41 Å². The standard InChI is InChI=1S/C31H40N4O4/c1-31(2)25-11-7-8-12-27(25)35(30(31)38)23-15-17-34(18-16-23)29(37)26(20-39-24-9-5-4-6-10-24)33-28(36)21-13-14-22(19-21)32-3/h4-12,21-23,26,32H,13-20H2,1-3H3,(H,33,36)/t21-,22+,26?/m0/s1. The van der Waals surface area contributed by atoms with Gasteiger partial charge in [0.15, 0.2) is 0 Å². The van der Waals surface area contributed by atoms with Crippen molar-refractivity contribution in [1.29, 1.82) is 0 Å². The van der Waals surface area contributed by atoms with Gasteiger partial charge in [0, 0.05) is 36.8 Å². The molecule has 1 saturated heterocycles. The lowest BCUT2D eigenvalue weighted by Gasteiger charge is -2.38. The van der Waals surface area contributed by atoms with Crippen LogP contribution < -0.4 is 20.3 Å². The van der Waals surface area contributed by atoms with Crippen LogP contribution in [0.5, 0.6) is 5.75 Å². The number of hydrogen-bond acceptors (Lipinski definition) is 5. The van der Waals surface area contributed by atoms with E-state index in [4.69, 9.17) is 4.74 Å². The largest absolute Gasteiger partial charge is 0.491 e. The Bertz CT molecular complexity index is 1190. The Morgan fingerprint density at radius 3 is 2.38 bits per heavy atom. The predicted molar refractivity (Wildman–Crippen MR) is 151 cm³/mol. The number of nitrogens with zero attached hydrogens (tertiary/aromatic N) is 2. The second kappa shape index (κ2) is 11.4. The molecule has 2 aromatic carbocycles. The van der Waals surface area contributed by atoms with Gasteiger partial charge in [-0.05, 0) is 76.8 Å². The molecule has 2 N–H and O–H groups in total. The first-order valence-corrected chi connectivity index (χ1v) is 14.2. The van der Waals surface area contributed by atoms with Gasteiger partial charge in [-0.1, -0.05) is 36.4 Å². The number of para-hydroxylation sites is 2. The number of amides is 3. The lowest BCUT2D eigenvalue weighted by Crippen LogP contribution is -2.56. The van der Waals surface area contributed by atoms with Gasteiger partial charge in [-0.2, -0.15) is 0 Å². The number of anilines is 1. The average Bonchev–Trinajstić information content (AvgIpc) is 3.52. The number of likely N-dealkylation sites (tertiary alicyclic amines) is 1. The van der Waals surface area contributed by atoms with E-state index in [-0.39, 0.29) is 36.3 Å². The van der Waals surface area contributed by atoms with Gasteiger partial charge in [0.25, 0.3) is 0 Å². The Balaban J connectivity index is 1.25. The van der Waals surface area contributed by atoms with Gasteiger partial charge in [-0.15, -0.1) is 0 Å². The highest BCUT2D eigenvalue weighted by atomic mass is 16.5. The molecular weight excluding hydrogens is 492 g/mol. The quantitative estimate of drug-likeness (QED) is 0.545. The minimum Gasteiger partial charge on any atom is -0.491 e. The van der Waals surface area contributed by atoms with E-state index >= 15 is 0 Å². The summed E-state index contributed by atoms with van der Waals surface area (Å²) >= 11 is 0. The zero-order chi connectivity index (χ0) is 27.6. The number of hydrogen-bond donors (Lipinski definition) is 2. The number of benzene rings is 2. The van der Waals surface area contributed by atoms with Gasteiger partial charge in [0.2, 0.25) is 17.7 Å². The molecule has 2 heterocycles. The fourth-order valence-corrected chi connectivity index (χ4v) is 6.31. The third kappa shape index (κ3) is 5.53. The van der Waals surface area contributed by atoms with Crippen molar-refractivity contribution in [2.24, 2.45) is 5.92 Å². The van der Waals surface area contributed by atoms with E-state index in [2.05, 4.69) is 10.6 Å². The Morgan fingerprint density at radius 1 is 1.00 bits per heavy atom. The van der Waals surface area contributed by atoms with E-state index in [9.17, 15) is 14.4 Å². The molecule has 0 spiro atoms. The highest BCUT2D eigenvalue weighted by Gasteiger charge is 2.47. The molecule has 1 saturated carbocycles. The van der Waals surface area contributed by atoms with Gasteiger partial charge in [0.1, 0.15) is 18.4 Å². The molecule has 2 aliphatic heterocycles. The minimum absolute atomic E-state index is 0.0371. The van der Waals surface area contributed by atoms with Gasteiger partial charge < -0.3 is 25.2 Å². The molecule has 0 radical (unpaired) electrons. The molecule has 3 amide bonds. The topological polar surface area (TPSA) is 91.0 Å². The van der Waals surface area contributed by atoms with Gasteiger partial charge in [-0.3, -0.25) is 14.4 Å². The lowest BCUT2D eigenvalue weighted by molar-refractivity contribution is -0.139. The molecule has 39 heavy (non-hydrogen) atoms. The highest BCUT2D eigenvalue weighted by molar-refractivity contribution is 6.08. The second-order valence-corrected chi connectivity index (χ2v) is 11.6. The van der Waals surface area contributed by atoms with Crippen molar-refractivity contribution in [2.45, 2.75) is 69.5 Å². The van der Waals surface area contributed by atoms with Gasteiger partial charge >= 0.3 is 0 Å². The van der Waals surface area contributed by atoms with Crippen LogP contribution in [-0.4, -0.2) is 67.5 Å². The van der Waals surface area contributed by atoms with Crippen molar-refractivity contribution in [1.82, 2.24) is 15.5 Å². The van der Waals surface area contributed by atoms with Crippen LogP contribution in [0.2, 0.25) is 0 Å². The van der Waals surface area contributed by atoms with Crippen LogP contribution in [0.1, 0.15) is 51.5 Å². The summed E-state index contributed by atoms with van der Waals surface area (Å²) in [6, 6.07) is 17.0. The van der Waals surface area contributed by atoms with E-state index in [1.165, 1.54) is 0 Å². The normalized spacial score (nSPS) is 23.4. The molecule has 2 aromatic rings. The monoisotopic (exact) mass is 532 g/mol. The maximum absolute atomic E-state index is 13.7. The minimum atomic E-state index is -0.768. The average molecular weight is 533 g/mol. The molecule has 0 aromatic heterocycles. The van der Waals surface area contributed by atoms with Crippen LogP contribution in [-0.2, 0) is 19.8 Å². The van der Waals surface area contributed by atoms with E-state index in [0.29, 0.717) is 37.7 Å². The van der Waals surface area contributed by atoms with Crippen molar-refractivity contribution in [3.05, 3.63) is 60.2 Å². The zero-order valence-corrected chi connectivity index (χ0v) is 23.2. The highest BCUT2D eigenvalue weighted by Crippen LogP contribution is 2.43. The van der Waals surface area contributed by atoms with Crippen molar-refractivity contribution < 1.29 is 19.1 Å². The van der Waals surface area contributed by atoms with Crippen LogP contribution >= 0.6 is 0 Å². The lowest BCUT2D eigenvalue weighted by atomic mass is 9.86. The van der Waals surface area contributed by atoms with E-state index in [0.717, 1.165) is 30.5 Å². The maximum atomic E-state index is 13.7. The summed E-state index contributed by atoms with van der Waals surface area (Å²) in [5.41, 5.74) is 1.48. The maximum Gasteiger partial charge on any atom is 0.248 e. The SMILES string of the molecule is CN[C@@H]1CC[C@H](C(=O)NC(COc2ccccc2)C(=O)N2CCC(N3C(=O)C(C)(C)c4ccccc43)CC2)C1. The molecule has 1 aliphatic carbocycles. The molecule has 3 atom stereocenters. The molecule has 1 unspecified atom stereocenters. The first-order valence-electron chi connectivity index (χ1n) is 14.2. The molecule has 5 rings (SSSR count). The Morgan fingerprint density at radius 2 is 1.69 bits per heavy atom. The molecule has 8 heteroatoms. The van der Waals surface area contributed by atoms with Crippen LogP contribution in [0.3, 0.4) is 0 Å². The number of nitrogens with one attached hydrogen (secondary N) is 2. The Kier molecular flexibility index (Phi) is 7.93. The number of piperidine rings is 1. The van der Waals surface area contributed by atoms with Crippen molar-refractivity contribution in [2.75, 3.05) is 31.6 Å². The smallest absolute Gasteiger partial charge is 0.248 e. The first-order chi connectivity index (χ1) is 18.8. The molecule has 208 valence electrons. The fourth-order valence-electron chi connectivity index (χ4n) is 6.31. The number of ether oxygens (including phenoxy) is 1. The summed E-state index contributed by atoms with van der Waals surface area (Å²) in [4.78, 5) is 44.0. The van der Waals surface area contributed by atoms with Gasteiger partial charge in [-0.25, -0.2) is 0 Å².